The fourth-order valence-corrected chi connectivity index (χ4v) is 6.77. The largest absolute Gasteiger partial charge is 0.135 e. The molecule has 3 rings (SSSR count). The molecule has 0 radical (unpaired) electrons. The predicted molar refractivity (Wildman–Crippen MR) is 128 cm³/mol. The minimum absolute atomic E-state index is 0.111. The third-order valence-electron chi connectivity index (χ3n) is 4.12. The maximum Gasteiger partial charge on any atom is 0.135 e. The lowest BCUT2D eigenvalue weighted by atomic mass is 10.2. The van der Waals surface area contributed by atoms with Gasteiger partial charge in [-0.05, 0) is 36.4 Å². The van der Waals surface area contributed by atoms with E-state index in [1.165, 1.54) is 0 Å². The normalized spacial score (nSPS) is 11.2. The Hall–Kier alpha value is -0.250. The van der Waals surface area contributed by atoms with Crippen LogP contribution in [0.3, 0.4) is 0 Å². The molecule has 0 nitrogen and oxygen atoms in total. The molecule has 146 valence electrons. The molecule has 0 amide bonds. The van der Waals surface area contributed by atoms with Crippen LogP contribution in [0.5, 0.6) is 0 Å². The van der Waals surface area contributed by atoms with E-state index in [-0.39, 0.29) is 10.9 Å². The van der Waals surface area contributed by atoms with Gasteiger partial charge in [0.15, 0.2) is 0 Å². The van der Waals surface area contributed by atoms with Crippen molar-refractivity contribution < 1.29 is 0 Å². The van der Waals surface area contributed by atoms with Gasteiger partial charge in [0.2, 0.25) is 0 Å². The van der Waals surface area contributed by atoms with Crippen molar-refractivity contribution in [3.05, 3.63) is 101 Å². The fourth-order valence-electron chi connectivity index (χ4n) is 2.73. The number of hydrogen-bond donors (Lipinski definition) is 0. The molecule has 7 heteroatoms. The van der Waals surface area contributed by atoms with Crippen molar-refractivity contribution in [3.63, 3.8) is 0 Å². The molecule has 3 aromatic rings. The first-order valence-corrected chi connectivity index (χ1v) is 12.3. The van der Waals surface area contributed by atoms with Gasteiger partial charge < -0.3 is 0 Å². The fraction of sp³-hybridized carbons (Fsp3) is 0.143. The quantitative estimate of drug-likeness (QED) is 0.289. The Kier molecular flexibility index (Phi) is 8.15. The van der Waals surface area contributed by atoms with Gasteiger partial charge in [-0.1, -0.05) is 87.8 Å². The van der Waals surface area contributed by atoms with Gasteiger partial charge in [-0.2, -0.15) is 0 Å². The summed E-state index contributed by atoms with van der Waals surface area (Å²) in [5.74, 6) is 2.36. The van der Waals surface area contributed by atoms with E-state index in [9.17, 15) is 0 Å². The first-order chi connectivity index (χ1) is 13.3. The van der Waals surface area contributed by atoms with Crippen molar-refractivity contribution >= 4 is 80.5 Å². The molecule has 0 unspecified atom stereocenters. The summed E-state index contributed by atoms with van der Waals surface area (Å²) in [5.41, 5.74) is 3.14. The van der Waals surface area contributed by atoms with Crippen LogP contribution in [0.25, 0.3) is 0 Å². The van der Waals surface area contributed by atoms with E-state index in [2.05, 4.69) is 0 Å². The van der Waals surface area contributed by atoms with E-state index in [1.807, 2.05) is 36.4 Å². The van der Waals surface area contributed by atoms with Gasteiger partial charge in [0, 0.05) is 57.7 Å². The lowest BCUT2D eigenvalue weighted by Crippen LogP contribution is -2.13. The van der Waals surface area contributed by atoms with Crippen molar-refractivity contribution in [1.82, 2.24) is 0 Å². The van der Waals surface area contributed by atoms with Crippen LogP contribution < -0.4 is 0 Å². The van der Waals surface area contributed by atoms with Gasteiger partial charge in [-0.15, -0.1) is 0 Å². The summed E-state index contributed by atoms with van der Waals surface area (Å²) < 4.78 is 0. The van der Waals surface area contributed by atoms with Crippen LogP contribution in [0.4, 0.5) is 0 Å². The standard InChI is InChI=1S/C21H15Cl6S/c22-16-4-1-13(19(25)7-16)10-28(11-14-2-5-17(23)8-20(14)26)12-15-3-6-18(24)9-21(15)27/h1-9H,10-12H2/q+1. The van der Waals surface area contributed by atoms with E-state index in [0.717, 1.165) is 33.9 Å². The molecule has 0 fully saturated rings. The van der Waals surface area contributed by atoms with E-state index in [1.54, 1.807) is 18.2 Å². The van der Waals surface area contributed by atoms with Gasteiger partial charge in [-0.25, -0.2) is 0 Å². The van der Waals surface area contributed by atoms with Crippen molar-refractivity contribution in [3.8, 4) is 0 Å². The van der Waals surface area contributed by atoms with Crippen molar-refractivity contribution in [2.24, 2.45) is 0 Å². The summed E-state index contributed by atoms with van der Waals surface area (Å²) in [6, 6.07) is 16.8. The van der Waals surface area contributed by atoms with Crippen molar-refractivity contribution in [1.29, 1.82) is 0 Å². The zero-order valence-corrected chi connectivity index (χ0v) is 19.8. The highest BCUT2D eigenvalue weighted by atomic mass is 35.5. The van der Waals surface area contributed by atoms with Gasteiger partial charge in [0.25, 0.3) is 0 Å². The molecule has 0 aliphatic carbocycles. The average molecular weight is 512 g/mol. The van der Waals surface area contributed by atoms with Crippen LogP contribution in [-0.2, 0) is 28.2 Å². The molecule has 0 saturated heterocycles. The van der Waals surface area contributed by atoms with Crippen LogP contribution >= 0.6 is 69.6 Å². The first-order valence-electron chi connectivity index (χ1n) is 8.27. The second kappa shape index (κ2) is 10.2. The van der Waals surface area contributed by atoms with Crippen LogP contribution in [-0.4, -0.2) is 0 Å². The Morgan fingerprint density at radius 3 is 1.00 bits per heavy atom. The predicted octanol–water partition coefficient (Wildman–Crippen LogP) is 9.13. The highest BCUT2D eigenvalue weighted by molar-refractivity contribution is 7.94. The second-order valence-electron chi connectivity index (χ2n) is 6.25. The lowest BCUT2D eigenvalue weighted by molar-refractivity contribution is 1.28. The lowest BCUT2D eigenvalue weighted by Gasteiger charge is -2.13. The summed E-state index contributed by atoms with van der Waals surface area (Å²) in [4.78, 5) is 0. The maximum atomic E-state index is 6.42. The minimum Gasteiger partial charge on any atom is -0.0843 e. The molecule has 0 bridgehead atoms. The molecular weight excluding hydrogens is 497 g/mol. The third kappa shape index (κ3) is 6.12. The minimum atomic E-state index is -0.111. The summed E-state index contributed by atoms with van der Waals surface area (Å²) >= 11 is 37.4. The smallest absolute Gasteiger partial charge is 0.0843 e. The molecule has 0 saturated carbocycles. The summed E-state index contributed by atoms with van der Waals surface area (Å²) in [6.45, 7) is 0. The topological polar surface area (TPSA) is 0 Å². The third-order valence-corrected chi connectivity index (χ3v) is 8.04. The number of benzene rings is 3. The molecule has 0 aliphatic heterocycles. The monoisotopic (exact) mass is 509 g/mol. The molecule has 0 spiro atoms. The van der Waals surface area contributed by atoms with Gasteiger partial charge in [-0.3, -0.25) is 0 Å². The average Bonchev–Trinajstić information content (AvgIpc) is 2.62. The summed E-state index contributed by atoms with van der Waals surface area (Å²) in [7, 11) is -0.111. The first kappa shape index (κ1) is 22.4. The molecular formula is C21H15Cl6S+. The highest BCUT2D eigenvalue weighted by Crippen LogP contribution is 2.31. The van der Waals surface area contributed by atoms with Crippen LogP contribution in [0.15, 0.2) is 54.6 Å². The zero-order chi connectivity index (χ0) is 20.3. The number of rotatable bonds is 6. The molecule has 3 aromatic carbocycles. The van der Waals surface area contributed by atoms with Gasteiger partial charge in [0.1, 0.15) is 17.3 Å². The maximum absolute atomic E-state index is 6.42. The molecule has 0 aromatic heterocycles. The Morgan fingerprint density at radius 1 is 0.464 bits per heavy atom. The number of halogens is 6. The van der Waals surface area contributed by atoms with E-state index >= 15 is 0 Å². The molecule has 0 N–H and O–H groups in total. The molecule has 0 heterocycles. The Labute approximate surface area is 198 Å². The van der Waals surface area contributed by atoms with Crippen LogP contribution in [0.1, 0.15) is 16.7 Å². The summed E-state index contributed by atoms with van der Waals surface area (Å²) in [6.07, 6.45) is 0. The number of hydrogen-bond acceptors (Lipinski definition) is 0. The Morgan fingerprint density at radius 2 is 0.750 bits per heavy atom. The van der Waals surface area contributed by atoms with Gasteiger partial charge in [0.05, 0.1) is 0 Å². The van der Waals surface area contributed by atoms with Crippen molar-refractivity contribution in [2.75, 3.05) is 0 Å². The summed E-state index contributed by atoms with van der Waals surface area (Å²) in [5, 5.41) is 3.85. The highest BCUT2D eigenvalue weighted by Gasteiger charge is 2.24. The SMILES string of the molecule is Clc1ccc(C[S+](Cc2ccc(Cl)cc2Cl)Cc2ccc(Cl)cc2Cl)c(Cl)c1. The van der Waals surface area contributed by atoms with E-state index in [0.29, 0.717) is 30.1 Å². The van der Waals surface area contributed by atoms with Gasteiger partial charge >= 0.3 is 0 Å². The van der Waals surface area contributed by atoms with E-state index in [4.69, 9.17) is 69.6 Å². The van der Waals surface area contributed by atoms with Crippen LogP contribution in [0.2, 0.25) is 30.1 Å². The van der Waals surface area contributed by atoms with Crippen molar-refractivity contribution in [2.45, 2.75) is 17.3 Å². The van der Waals surface area contributed by atoms with E-state index < -0.39 is 0 Å². The Bertz CT molecular complexity index is 861. The second-order valence-corrected chi connectivity index (χ2v) is 10.9. The zero-order valence-electron chi connectivity index (χ0n) is 14.5. The molecule has 28 heavy (non-hydrogen) atoms. The Balaban J connectivity index is 1.90. The molecule has 0 aliphatic rings. The molecule has 0 atom stereocenters. The van der Waals surface area contributed by atoms with Crippen LogP contribution in [0, 0.1) is 0 Å².